The van der Waals surface area contributed by atoms with Crippen molar-refractivity contribution in [2.75, 3.05) is 14.1 Å². The van der Waals surface area contributed by atoms with Crippen molar-refractivity contribution in [2.24, 2.45) is 20.5 Å². The van der Waals surface area contributed by atoms with Crippen LogP contribution >= 0.6 is 23.2 Å². The number of aryl methyl sites for hydroxylation is 2. The summed E-state index contributed by atoms with van der Waals surface area (Å²) in [6.07, 6.45) is 0. The summed E-state index contributed by atoms with van der Waals surface area (Å²) < 4.78 is 52.8. The number of aromatic nitrogens is 4. The number of phenolic OH excluding ortho intramolecular Hbond substituents is 1. The first-order valence-corrected chi connectivity index (χ1v) is 19.8. The fourth-order valence-electron chi connectivity index (χ4n) is 4.88. The van der Waals surface area contributed by atoms with Gasteiger partial charge in [0.05, 0.1) is 40.4 Å². The second-order valence-corrected chi connectivity index (χ2v) is 16.4. The van der Waals surface area contributed by atoms with Gasteiger partial charge in [-0.2, -0.15) is 13.5 Å². The van der Waals surface area contributed by atoms with E-state index in [1.807, 2.05) is 0 Å². The molecular weight excluding hydrogens is 886 g/mol. The van der Waals surface area contributed by atoms with Crippen LogP contribution in [0.2, 0.25) is 10.0 Å². The Kier molecular flexibility index (Phi) is 16.6. The summed E-state index contributed by atoms with van der Waals surface area (Å²) in [5.41, 5.74) is 1.07. The van der Waals surface area contributed by atoms with Gasteiger partial charge in [0.2, 0.25) is 10.0 Å². The molecule has 58 heavy (non-hydrogen) atoms. The number of rotatable bonds is 10. The summed E-state index contributed by atoms with van der Waals surface area (Å²) in [4.78, 5) is 25.0. The number of nitrogens with one attached hydrogen (secondary N) is 3. The molecule has 6 aromatic rings. The number of aromatic amines is 2. The van der Waals surface area contributed by atoms with E-state index in [1.54, 1.807) is 62.4 Å². The van der Waals surface area contributed by atoms with Crippen molar-refractivity contribution in [1.29, 1.82) is 0 Å². The number of benzene rings is 4. The first-order valence-electron chi connectivity index (χ1n) is 16.1. The average molecular weight is 919 g/mol. The van der Waals surface area contributed by atoms with Gasteiger partial charge in [0, 0.05) is 33.5 Å². The molecule has 0 unspecified atom stereocenters. The molecule has 0 amide bonds. The Morgan fingerprint density at radius 1 is 0.724 bits per heavy atom. The van der Waals surface area contributed by atoms with Crippen LogP contribution in [0, 0.1) is 13.8 Å². The minimum Gasteiger partial charge on any atom is -0.871 e. The van der Waals surface area contributed by atoms with Gasteiger partial charge in [-0.25, -0.2) is 27.2 Å². The Balaban J connectivity index is 0.000000300. The first kappa shape index (κ1) is 48.0. The van der Waals surface area contributed by atoms with Crippen LogP contribution in [0.15, 0.2) is 125 Å². The first-order chi connectivity index (χ1) is 26.4. The second-order valence-electron chi connectivity index (χ2n) is 11.6. The molecule has 0 radical (unpaired) electrons. The van der Waals surface area contributed by atoms with Gasteiger partial charge < -0.3 is 10.2 Å². The monoisotopic (exact) mass is 917 g/mol. The van der Waals surface area contributed by atoms with Crippen molar-refractivity contribution >= 4 is 66.0 Å². The molecule has 0 spiro atoms. The maximum atomic E-state index is 12.6. The molecule has 0 saturated carbocycles. The Morgan fingerprint density at radius 2 is 1.19 bits per heavy atom. The van der Waals surface area contributed by atoms with Crippen molar-refractivity contribution < 1.29 is 78.7 Å². The number of halogens is 2. The third kappa shape index (κ3) is 11.0. The summed E-state index contributed by atoms with van der Waals surface area (Å²) in [6.45, 7) is 3.29. The predicted octanol–water partition coefficient (Wildman–Crippen LogP) is 1.66. The van der Waals surface area contributed by atoms with E-state index in [-0.39, 0.29) is 85.2 Å². The van der Waals surface area contributed by atoms with Crippen LogP contribution in [0.4, 0.5) is 22.7 Å². The Hall–Kier alpha value is -4.37. The van der Waals surface area contributed by atoms with E-state index < -0.39 is 36.9 Å². The Bertz CT molecular complexity index is 2670. The van der Waals surface area contributed by atoms with Crippen LogP contribution in [-0.2, 0) is 37.4 Å². The van der Waals surface area contributed by atoms with Crippen LogP contribution < -0.4 is 55.2 Å². The summed E-state index contributed by atoms with van der Waals surface area (Å²) >= 11 is 11.9. The third-order valence-electron chi connectivity index (χ3n) is 7.83. The number of phenols is 1. The number of azo groups is 2. The number of hydrogen-bond donors (Lipinski definition) is 5. The molecule has 6 N–H and O–H groups in total. The molecule has 0 atom stereocenters. The topological polar surface area (TPSA) is 265 Å². The normalized spacial score (nSPS) is 11.6. The molecule has 6 rings (SSSR count). The van der Waals surface area contributed by atoms with E-state index in [4.69, 9.17) is 23.2 Å². The van der Waals surface area contributed by atoms with Gasteiger partial charge in [0.15, 0.2) is 11.4 Å². The van der Waals surface area contributed by atoms with E-state index in [0.717, 1.165) is 16.9 Å². The van der Waals surface area contributed by atoms with Gasteiger partial charge in [-0.05, 0) is 87.6 Å². The van der Waals surface area contributed by atoms with E-state index >= 15 is 0 Å². The van der Waals surface area contributed by atoms with Crippen molar-refractivity contribution in [1.82, 2.24) is 24.3 Å². The van der Waals surface area contributed by atoms with Gasteiger partial charge in [-0.15, -0.1) is 15.3 Å². The fourth-order valence-corrected chi connectivity index (χ4v) is 6.80. The summed E-state index contributed by atoms with van der Waals surface area (Å²) in [6, 6.07) is 20.5. The number of hydrogen-bond acceptors (Lipinski definition) is 12. The zero-order chi connectivity index (χ0) is 40.9. The van der Waals surface area contributed by atoms with E-state index in [0.29, 0.717) is 32.8 Å². The van der Waals surface area contributed by atoms with Crippen molar-refractivity contribution in [3.8, 4) is 22.9 Å². The Labute approximate surface area is 374 Å². The molecule has 0 fully saturated rings. The standard InChI is InChI=1S/2C17H16ClN5O4S.Cr.Na/c2*1-10-16(17(25)23(22-10)12-5-3-4-11(18)8-12)21-20-14-7-6-13(9-15(14)24)28(26,27)19-2;;/h2*3-9,19,22,24H,1-2H3;;/q;;;+1. The molecule has 0 saturated heterocycles. The molecule has 2 heterocycles. The van der Waals surface area contributed by atoms with Gasteiger partial charge >= 0.3 is 39.6 Å². The number of nitrogens with two attached hydrogens (primary N) is 1. The van der Waals surface area contributed by atoms with Gasteiger partial charge in [-0.3, -0.25) is 19.8 Å². The van der Waals surface area contributed by atoms with Crippen molar-refractivity contribution in [2.45, 2.75) is 23.6 Å². The minimum atomic E-state index is -3.74. The van der Waals surface area contributed by atoms with E-state index in [1.165, 1.54) is 47.7 Å². The number of H-pyrrole nitrogens is 2. The average Bonchev–Trinajstić information content (AvgIpc) is 3.62. The van der Waals surface area contributed by atoms with Crippen LogP contribution in [-0.4, -0.2) is 55.6 Å². The number of quaternary nitrogens is 1. The molecular formula is C34H32Cl2CrN10NaO8S2+. The van der Waals surface area contributed by atoms with Crippen molar-refractivity contribution in [3.63, 3.8) is 0 Å². The smallest absolute Gasteiger partial charge is 0.871 e. The van der Waals surface area contributed by atoms with E-state index in [2.05, 4.69) is 35.4 Å². The van der Waals surface area contributed by atoms with Gasteiger partial charge in [-0.1, -0.05) is 41.1 Å². The quantitative estimate of drug-likeness (QED) is 0.0995. The molecule has 0 aliphatic carbocycles. The predicted molar refractivity (Wildman–Crippen MR) is 206 cm³/mol. The molecule has 0 aliphatic rings. The number of aromatic hydroxyl groups is 1. The van der Waals surface area contributed by atoms with Crippen LogP contribution in [0.25, 0.3) is 11.4 Å². The Morgan fingerprint density at radius 3 is 1.62 bits per heavy atom. The summed E-state index contributed by atoms with van der Waals surface area (Å²) in [5, 5.41) is 44.3. The fraction of sp³-hybridized carbons (Fsp3) is 0.118. The number of nitrogens with zero attached hydrogens (tertiary/aromatic N) is 6. The molecule has 2 aromatic heterocycles. The van der Waals surface area contributed by atoms with Crippen molar-refractivity contribution in [3.05, 3.63) is 127 Å². The molecule has 0 bridgehead atoms. The molecule has 24 heteroatoms. The van der Waals surface area contributed by atoms with Gasteiger partial charge in [0.1, 0.15) is 16.3 Å². The molecule has 0 aliphatic heterocycles. The van der Waals surface area contributed by atoms with E-state index in [9.17, 15) is 36.6 Å². The summed E-state index contributed by atoms with van der Waals surface area (Å²) in [7, 11) is -4.68. The summed E-state index contributed by atoms with van der Waals surface area (Å²) in [5.74, 6) is -1.00. The van der Waals surface area contributed by atoms with Crippen LogP contribution in [0.5, 0.6) is 11.5 Å². The SMILES string of the molecule is CNS(=O)(=O)c1ccc(N=Nc2c(C)[nH]n(-c3cccc(Cl)c3)c2=O)c([O-])c1.C[NH2+]S(=O)(=O)c1ccc(N=Nc2c(C)[nH]n(-c3cccc(Cl)c3)c2=O)c(O)c1.[Cr].[Na+]. The maximum Gasteiger partial charge on any atom is 1.00 e. The molecule has 298 valence electrons. The number of sulfonamides is 2. The van der Waals surface area contributed by atoms with Crippen LogP contribution in [0.1, 0.15) is 11.4 Å². The molecule has 18 nitrogen and oxygen atoms in total. The van der Waals surface area contributed by atoms with Gasteiger partial charge in [0.25, 0.3) is 11.1 Å². The zero-order valence-corrected chi connectivity index (χ0v) is 37.5. The second kappa shape index (κ2) is 20.1. The van der Waals surface area contributed by atoms with Crippen LogP contribution in [0.3, 0.4) is 0 Å². The zero-order valence-electron chi connectivity index (χ0n) is 31.1. The third-order valence-corrected chi connectivity index (χ3v) is 11.2. The molecule has 4 aromatic carbocycles. The maximum absolute atomic E-state index is 12.6. The largest absolute Gasteiger partial charge is 1.00 e. The minimum absolute atomic E-state index is 0. The number of primary sulfonamides is 1.